The second kappa shape index (κ2) is 4.61. The van der Waals surface area contributed by atoms with Crippen LogP contribution in [0.4, 0.5) is 0 Å². The Labute approximate surface area is 89.0 Å². The van der Waals surface area contributed by atoms with Crippen LogP contribution in [0, 0.1) is 0 Å². The van der Waals surface area contributed by atoms with Gasteiger partial charge in [0.15, 0.2) is 0 Å². The molecule has 0 aromatic heterocycles. The monoisotopic (exact) mass is 214 g/mol. The molecule has 1 rings (SSSR count). The number of carboxylic acids is 1. The van der Waals surface area contributed by atoms with Crippen molar-refractivity contribution < 1.29 is 14.7 Å². The van der Waals surface area contributed by atoms with Crippen LogP contribution >= 0.6 is 0 Å². The summed E-state index contributed by atoms with van der Waals surface area (Å²) in [6.45, 7) is 1.95. The number of aliphatic carboxylic acids is 1. The molecule has 0 heterocycles. The number of hydrogen-bond donors (Lipinski definition) is 3. The summed E-state index contributed by atoms with van der Waals surface area (Å²) in [6.07, 6.45) is 2.88. The summed E-state index contributed by atoms with van der Waals surface area (Å²) in [4.78, 5) is 22.1. The highest BCUT2D eigenvalue weighted by molar-refractivity contribution is 5.89. The Bertz CT molecular complexity index is 261. The van der Waals surface area contributed by atoms with E-state index in [0.29, 0.717) is 19.3 Å². The molecule has 1 unspecified atom stereocenters. The summed E-state index contributed by atoms with van der Waals surface area (Å²) in [7, 11) is 0. The van der Waals surface area contributed by atoms with Crippen molar-refractivity contribution in [3.8, 4) is 0 Å². The molecule has 1 aliphatic rings. The Balaban J connectivity index is 2.42. The molecular weight excluding hydrogens is 196 g/mol. The summed E-state index contributed by atoms with van der Waals surface area (Å²) >= 11 is 0. The average molecular weight is 214 g/mol. The summed E-state index contributed by atoms with van der Waals surface area (Å²) < 4.78 is 0. The van der Waals surface area contributed by atoms with E-state index < -0.39 is 11.5 Å². The minimum atomic E-state index is -0.893. The minimum absolute atomic E-state index is 0.0321. The lowest BCUT2D eigenvalue weighted by atomic mass is 10.1. The lowest BCUT2D eigenvalue weighted by Crippen LogP contribution is -2.47. The van der Waals surface area contributed by atoms with Gasteiger partial charge in [0.25, 0.3) is 0 Å². The van der Waals surface area contributed by atoms with E-state index in [4.69, 9.17) is 10.8 Å². The first-order chi connectivity index (χ1) is 6.98. The van der Waals surface area contributed by atoms with Gasteiger partial charge in [-0.3, -0.25) is 9.59 Å². The maximum Gasteiger partial charge on any atom is 0.305 e. The summed E-state index contributed by atoms with van der Waals surface area (Å²) in [5.41, 5.74) is 4.99. The van der Waals surface area contributed by atoms with E-state index in [9.17, 15) is 9.59 Å². The van der Waals surface area contributed by atoms with Gasteiger partial charge in [-0.1, -0.05) is 13.3 Å². The molecule has 4 N–H and O–H groups in total. The highest BCUT2D eigenvalue weighted by Crippen LogP contribution is 2.32. The lowest BCUT2D eigenvalue weighted by Gasteiger charge is -2.18. The number of hydrogen-bond acceptors (Lipinski definition) is 3. The largest absolute Gasteiger partial charge is 0.481 e. The summed E-state index contributed by atoms with van der Waals surface area (Å²) in [6, 6.07) is -0.291. The molecule has 0 bridgehead atoms. The predicted octanol–water partition coefficient (Wildman–Crippen LogP) is 0.237. The van der Waals surface area contributed by atoms with Crippen LogP contribution in [0.5, 0.6) is 0 Å². The standard InChI is InChI=1S/C10H18N2O3/c1-2-3-7(6-8(13)14)12-9(15)10(11)4-5-10/h7H,2-6,11H2,1H3,(H,12,15)(H,13,14). The minimum Gasteiger partial charge on any atom is -0.481 e. The average Bonchev–Trinajstić information content (AvgIpc) is 2.84. The summed E-state index contributed by atoms with van der Waals surface area (Å²) in [5, 5.41) is 11.4. The Morgan fingerprint density at radius 3 is 2.53 bits per heavy atom. The maximum absolute atomic E-state index is 11.6. The van der Waals surface area contributed by atoms with Gasteiger partial charge in [0.05, 0.1) is 12.0 Å². The van der Waals surface area contributed by atoms with Gasteiger partial charge < -0.3 is 16.2 Å². The topological polar surface area (TPSA) is 92.4 Å². The van der Waals surface area contributed by atoms with Crippen molar-refractivity contribution in [2.24, 2.45) is 5.73 Å². The Morgan fingerprint density at radius 2 is 2.13 bits per heavy atom. The van der Waals surface area contributed by atoms with Gasteiger partial charge in [0.1, 0.15) is 0 Å². The van der Waals surface area contributed by atoms with Crippen LogP contribution in [0.2, 0.25) is 0 Å². The molecule has 1 amide bonds. The van der Waals surface area contributed by atoms with E-state index in [2.05, 4.69) is 5.32 Å². The number of carbonyl (C=O) groups is 2. The number of rotatable bonds is 6. The smallest absolute Gasteiger partial charge is 0.305 e. The molecule has 5 heteroatoms. The van der Waals surface area contributed by atoms with Crippen LogP contribution in [0.15, 0.2) is 0 Å². The molecule has 1 atom stereocenters. The van der Waals surface area contributed by atoms with Crippen molar-refractivity contribution in [2.45, 2.75) is 50.6 Å². The highest BCUT2D eigenvalue weighted by atomic mass is 16.4. The number of amides is 1. The van der Waals surface area contributed by atoms with Gasteiger partial charge in [0.2, 0.25) is 5.91 Å². The van der Waals surface area contributed by atoms with Crippen molar-refractivity contribution in [3.63, 3.8) is 0 Å². The quantitative estimate of drug-likeness (QED) is 0.590. The Kier molecular flexibility index (Phi) is 3.68. The molecule has 0 aromatic carbocycles. The van der Waals surface area contributed by atoms with Gasteiger partial charge in [0, 0.05) is 6.04 Å². The van der Waals surface area contributed by atoms with Crippen LogP contribution in [0.25, 0.3) is 0 Å². The molecule has 0 spiro atoms. The van der Waals surface area contributed by atoms with E-state index in [1.54, 1.807) is 0 Å². The molecule has 0 aromatic rings. The lowest BCUT2D eigenvalue weighted by molar-refractivity contribution is -0.137. The van der Waals surface area contributed by atoms with E-state index in [-0.39, 0.29) is 18.4 Å². The third-order valence-corrected chi connectivity index (χ3v) is 2.63. The second-order valence-corrected chi connectivity index (χ2v) is 4.21. The van der Waals surface area contributed by atoms with Gasteiger partial charge in [-0.15, -0.1) is 0 Å². The van der Waals surface area contributed by atoms with Crippen molar-refractivity contribution >= 4 is 11.9 Å². The van der Waals surface area contributed by atoms with Gasteiger partial charge in [-0.2, -0.15) is 0 Å². The third kappa shape index (κ3) is 3.51. The van der Waals surface area contributed by atoms with E-state index in [1.165, 1.54) is 0 Å². The molecule has 1 fully saturated rings. The fourth-order valence-corrected chi connectivity index (χ4v) is 1.48. The van der Waals surface area contributed by atoms with E-state index in [0.717, 1.165) is 6.42 Å². The molecule has 1 saturated carbocycles. The normalized spacial score (nSPS) is 19.3. The van der Waals surface area contributed by atoms with Crippen LogP contribution in [-0.4, -0.2) is 28.6 Å². The van der Waals surface area contributed by atoms with Crippen LogP contribution in [-0.2, 0) is 9.59 Å². The first kappa shape index (κ1) is 12.0. The zero-order chi connectivity index (χ0) is 11.5. The maximum atomic E-state index is 11.6. The summed E-state index contributed by atoms with van der Waals surface area (Å²) in [5.74, 6) is -1.10. The van der Waals surface area contributed by atoms with E-state index >= 15 is 0 Å². The number of nitrogens with one attached hydrogen (secondary N) is 1. The fraction of sp³-hybridized carbons (Fsp3) is 0.800. The SMILES string of the molecule is CCCC(CC(=O)O)NC(=O)C1(N)CC1. The highest BCUT2D eigenvalue weighted by Gasteiger charge is 2.46. The Morgan fingerprint density at radius 1 is 1.53 bits per heavy atom. The molecule has 5 nitrogen and oxygen atoms in total. The Hall–Kier alpha value is -1.10. The second-order valence-electron chi connectivity index (χ2n) is 4.21. The molecule has 0 saturated heterocycles. The van der Waals surface area contributed by atoms with Crippen LogP contribution in [0.3, 0.4) is 0 Å². The van der Waals surface area contributed by atoms with Crippen LogP contribution < -0.4 is 11.1 Å². The molecule has 0 radical (unpaired) electrons. The van der Waals surface area contributed by atoms with Crippen molar-refractivity contribution in [1.29, 1.82) is 0 Å². The molecule has 86 valence electrons. The predicted molar refractivity (Wildman–Crippen MR) is 55.2 cm³/mol. The number of carbonyl (C=O) groups excluding carboxylic acids is 1. The molecule has 1 aliphatic carbocycles. The first-order valence-corrected chi connectivity index (χ1v) is 5.29. The van der Waals surface area contributed by atoms with Gasteiger partial charge in [-0.25, -0.2) is 0 Å². The van der Waals surface area contributed by atoms with Crippen LogP contribution in [0.1, 0.15) is 39.0 Å². The van der Waals surface area contributed by atoms with Crippen molar-refractivity contribution in [3.05, 3.63) is 0 Å². The third-order valence-electron chi connectivity index (χ3n) is 2.63. The molecule has 0 aliphatic heterocycles. The van der Waals surface area contributed by atoms with Gasteiger partial charge >= 0.3 is 5.97 Å². The molecule has 15 heavy (non-hydrogen) atoms. The van der Waals surface area contributed by atoms with Crippen molar-refractivity contribution in [1.82, 2.24) is 5.32 Å². The van der Waals surface area contributed by atoms with E-state index in [1.807, 2.05) is 6.92 Å². The first-order valence-electron chi connectivity index (χ1n) is 5.29. The zero-order valence-electron chi connectivity index (χ0n) is 8.95. The number of carboxylic acid groups (broad SMARTS) is 1. The van der Waals surface area contributed by atoms with Crippen molar-refractivity contribution in [2.75, 3.05) is 0 Å². The molecular formula is C10H18N2O3. The number of nitrogens with two attached hydrogens (primary N) is 1. The zero-order valence-corrected chi connectivity index (χ0v) is 8.95. The fourth-order valence-electron chi connectivity index (χ4n) is 1.48. The van der Waals surface area contributed by atoms with Gasteiger partial charge in [-0.05, 0) is 19.3 Å².